The van der Waals surface area contributed by atoms with Crippen molar-refractivity contribution in [1.29, 1.82) is 0 Å². The van der Waals surface area contributed by atoms with Gasteiger partial charge in [0.1, 0.15) is 5.82 Å². The third-order valence-corrected chi connectivity index (χ3v) is 6.39. The zero-order valence-corrected chi connectivity index (χ0v) is 19.0. The van der Waals surface area contributed by atoms with E-state index in [2.05, 4.69) is 27.6 Å². The molecular formula is C24H27N5O2S. The number of nitrogens with zero attached hydrogens (tertiary/aromatic N) is 4. The molecule has 0 spiro atoms. The number of hydrogen-bond donors (Lipinski definition) is 1. The fourth-order valence-electron chi connectivity index (χ4n) is 3.74. The van der Waals surface area contributed by atoms with Crippen LogP contribution in [0.2, 0.25) is 0 Å². The molecule has 0 atom stereocenters. The third-order valence-electron chi connectivity index (χ3n) is 5.42. The summed E-state index contributed by atoms with van der Waals surface area (Å²) in [5.41, 5.74) is 2.91. The van der Waals surface area contributed by atoms with E-state index in [1.54, 1.807) is 0 Å². The summed E-state index contributed by atoms with van der Waals surface area (Å²) in [5, 5.41) is 12.1. The van der Waals surface area contributed by atoms with Crippen LogP contribution in [0.1, 0.15) is 36.2 Å². The Balaban J connectivity index is 1.33. The number of hydrogen-bond acceptors (Lipinski definition) is 5. The lowest BCUT2D eigenvalue weighted by atomic mass is 10.1. The molecule has 1 fully saturated rings. The third kappa shape index (κ3) is 5.76. The van der Waals surface area contributed by atoms with Gasteiger partial charge in [-0.3, -0.25) is 9.59 Å². The van der Waals surface area contributed by atoms with Crippen LogP contribution in [0.25, 0.3) is 0 Å². The quantitative estimate of drug-likeness (QED) is 0.528. The van der Waals surface area contributed by atoms with Gasteiger partial charge < -0.3 is 14.8 Å². The van der Waals surface area contributed by atoms with E-state index < -0.39 is 0 Å². The van der Waals surface area contributed by atoms with Gasteiger partial charge in [0.2, 0.25) is 11.8 Å². The van der Waals surface area contributed by atoms with Crippen molar-refractivity contribution in [3.05, 3.63) is 71.5 Å². The first-order valence-corrected chi connectivity index (χ1v) is 11.8. The number of amides is 2. The van der Waals surface area contributed by atoms with Crippen LogP contribution in [-0.4, -0.2) is 43.8 Å². The lowest BCUT2D eigenvalue weighted by molar-refractivity contribution is -0.133. The highest BCUT2D eigenvalue weighted by atomic mass is 32.2. The lowest BCUT2D eigenvalue weighted by Crippen LogP contribution is -2.34. The van der Waals surface area contributed by atoms with Crippen LogP contribution in [-0.2, 0) is 22.7 Å². The average Bonchev–Trinajstić information content (AvgIpc) is 3.14. The molecule has 4 rings (SSSR count). The molecule has 1 aliphatic rings. The van der Waals surface area contributed by atoms with E-state index in [9.17, 15) is 9.59 Å². The maximum Gasteiger partial charge on any atom is 0.234 e. The summed E-state index contributed by atoms with van der Waals surface area (Å²) in [6.45, 7) is 3.97. The molecule has 1 aliphatic heterocycles. The van der Waals surface area contributed by atoms with Crippen LogP contribution in [0.15, 0.2) is 59.8 Å². The van der Waals surface area contributed by atoms with Crippen LogP contribution in [0.3, 0.4) is 0 Å². The molecule has 3 aromatic rings. The normalized spacial score (nSPS) is 13.9. The Bertz CT molecular complexity index is 1080. The minimum atomic E-state index is -0.104. The van der Waals surface area contributed by atoms with E-state index in [1.165, 1.54) is 11.8 Å². The van der Waals surface area contributed by atoms with Crippen molar-refractivity contribution >= 4 is 29.3 Å². The molecule has 1 saturated heterocycles. The molecule has 32 heavy (non-hydrogen) atoms. The van der Waals surface area contributed by atoms with E-state index in [4.69, 9.17) is 0 Å². The van der Waals surface area contributed by atoms with Gasteiger partial charge >= 0.3 is 0 Å². The first kappa shape index (κ1) is 22.1. The van der Waals surface area contributed by atoms with Crippen molar-refractivity contribution in [1.82, 2.24) is 19.7 Å². The van der Waals surface area contributed by atoms with Crippen LogP contribution < -0.4 is 5.32 Å². The van der Waals surface area contributed by atoms with Gasteiger partial charge in [0.05, 0.1) is 12.3 Å². The summed E-state index contributed by atoms with van der Waals surface area (Å²) < 4.78 is 2.02. The van der Waals surface area contributed by atoms with Crippen molar-refractivity contribution < 1.29 is 9.59 Å². The Labute approximate surface area is 192 Å². The first-order chi connectivity index (χ1) is 15.6. The minimum Gasteiger partial charge on any atom is -0.338 e. The number of piperidine rings is 1. The van der Waals surface area contributed by atoms with Gasteiger partial charge in [-0.2, -0.15) is 0 Å². The van der Waals surface area contributed by atoms with Crippen LogP contribution in [0, 0.1) is 6.92 Å². The highest BCUT2D eigenvalue weighted by Gasteiger charge is 2.18. The zero-order valence-electron chi connectivity index (χ0n) is 18.2. The highest BCUT2D eigenvalue weighted by Crippen LogP contribution is 2.20. The Morgan fingerprint density at radius 2 is 1.84 bits per heavy atom. The molecule has 2 aromatic carbocycles. The summed E-state index contributed by atoms with van der Waals surface area (Å²) in [4.78, 5) is 26.5. The highest BCUT2D eigenvalue weighted by molar-refractivity contribution is 7.99. The molecule has 0 saturated carbocycles. The van der Waals surface area contributed by atoms with Crippen molar-refractivity contribution in [3.8, 4) is 0 Å². The van der Waals surface area contributed by atoms with Crippen molar-refractivity contribution in [2.45, 2.75) is 44.4 Å². The number of aromatic nitrogens is 3. The Morgan fingerprint density at radius 1 is 1.03 bits per heavy atom. The molecule has 2 amide bonds. The Morgan fingerprint density at radius 3 is 2.66 bits per heavy atom. The summed E-state index contributed by atoms with van der Waals surface area (Å²) in [7, 11) is 0. The molecule has 0 unspecified atom stereocenters. The van der Waals surface area contributed by atoms with E-state index in [0.29, 0.717) is 19.5 Å². The van der Waals surface area contributed by atoms with Gasteiger partial charge in [0.25, 0.3) is 0 Å². The largest absolute Gasteiger partial charge is 0.338 e. The molecule has 8 heteroatoms. The number of aryl methyl sites for hydroxylation is 1. The zero-order chi connectivity index (χ0) is 22.3. The number of anilines is 1. The van der Waals surface area contributed by atoms with Crippen molar-refractivity contribution in [2.75, 3.05) is 17.6 Å². The number of thioether (sulfide) groups is 1. The fraction of sp³-hybridized carbons (Fsp3) is 0.333. The smallest absolute Gasteiger partial charge is 0.234 e. The van der Waals surface area contributed by atoms with Gasteiger partial charge in [-0.25, -0.2) is 0 Å². The van der Waals surface area contributed by atoms with Crippen LogP contribution in [0.4, 0.5) is 5.69 Å². The lowest BCUT2D eigenvalue weighted by Gasteiger charge is -2.26. The molecule has 0 radical (unpaired) electrons. The monoisotopic (exact) mass is 449 g/mol. The van der Waals surface area contributed by atoms with Gasteiger partial charge in [-0.1, -0.05) is 54.2 Å². The van der Waals surface area contributed by atoms with Gasteiger partial charge in [0, 0.05) is 25.2 Å². The van der Waals surface area contributed by atoms with Gasteiger partial charge in [-0.15, -0.1) is 10.2 Å². The molecular weight excluding hydrogens is 422 g/mol. The number of carbonyl (C=O) groups excluding carboxylic acids is 2. The fourth-order valence-corrected chi connectivity index (χ4v) is 4.52. The molecule has 0 aliphatic carbocycles. The standard InChI is InChI=1S/C24H27N5O2S/c1-18-26-27-24(29(18)16-19-8-3-2-4-9-19)32-17-22(30)25-21-11-7-10-20(14-21)15-28-13-6-5-12-23(28)31/h2-4,7-11,14H,5-6,12-13,15-17H2,1H3,(H,25,30). The van der Waals surface area contributed by atoms with E-state index in [-0.39, 0.29) is 17.6 Å². The molecule has 166 valence electrons. The summed E-state index contributed by atoms with van der Waals surface area (Å²) >= 11 is 1.37. The Kier molecular flexibility index (Phi) is 7.21. The van der Waals surface area contributed by atoms with E-state index in [0.717, 1.165) is 47.2 Å². The number of rotatable bonds is 8. The second-order valence-electron chi connectivity index (χ2n) is 7.91. The predicted molar refractivity (Wildman–Crippen MR) is 125 cm³/mol. The first-order valence-electron chi connectivity index (χ1n) is 10.8. The van der Waals surface area contributed by atoms with Crippen LogP contribution >= 0.6 is 11.8 Å². The molecule has 1 aromatic heterocycles. The number of likely N-dealkylation sites (tertiary alicyclic amines) is 1. The summed E-state index contributed by atoms with van der Waals surface area (Å²) in [5.74, 6) is 1.16. The molecule has 0 bridgehead atoms. The number of benzene rings is 2. The van der Waals surface area contributed by atoms with E-state index in [1.807, 2.05) is 58.9 Å². The molecule has 7 nitrogen and oxygen atoms in total. The van der Waals surface area contributed by atoms with Gasteiger partial charge in [-0.05, 0) is 43.0 Å². The second-order valence-corrected chi connectivity index (χ2v) is 8.85. The topological polar surface area (TPSA) is 80.1 Å². The number of carbonyl (C=O) groups is 2. The minimum absolute atomic E-state index is 0.104. The van der Waals surface area contributed by atoms with Gasteiger partial charge in [0.15, 0.2) is 5.16 Å². The summed E-state index contributed by atoms with van der Waals surface area (Å²) in [6, 6.07) is 17.8. The maximum atomic E-state index is 12.6. The van der Waals surface area contributed by atoms with E-state index >= 15 is 0 Å². The van der Waals surface area contributed by atoms with Crippen LogP contribution in [0.5, 0.6) is 0 Å². The maximum absolute atomic E-state index is 12.6. The average molecular weight is 450 g/mol. The van der Waals surface area contributed by atoms with Crippen molar-refractivity contribution in [2.24, 2.45) is 0 Å². The predicted octanol–water partition coefficient (Wildman–Crippen LogP) is 3.88. The second kappa shape index (κ2) is 10.5. The Hall–Kier alpha value is -3.13. The molecule has 1 N–H and O–H groups in total. The van der Waals surface area contributed by atoms with Crippen molar-refractivity contribution in [3.63, 3.8) is 0 Å². The summed E-state index contributed by atoms with van der Waals surface area (Å²) in [6.07, 6.45) is 2.65. The number of nitrogens with one attached hydrogen (secondary N) is 1. The molecule has 2 heterocycles. The SMILES string of the molecule is Cc1nnc(SCC(=O)Nc2cccc(CN3CCCCC3=O)c2)n1Cc1ccccc1.